The SMILES string of the molecule is CC(=NNC(=O)c1ccc(C(=O)NCc2cc(C)n(C)n2)s1)c1nn(C)c(-c2ccc(C(F)(F)F)cc2)c1O. The summed E-state index contributed by atoms with van der Waals surface area (Å²) in [6.45, 7) is 3.65. The number of carbonyl (C=O) groups is 2. The molecular weight excluding hydrogens is 535 g/mol. The van der Waals surface area contributed by atoms with Gasteiger partial charge >= 0.3 is 6.18 Å². The predicted molar refractivity (Wildman–Crippen MR) is 138 cm³/mol. The Labute approximate surface area is 224 Å². The molecule has 14 heteroatoms. The zero-order valence-corrected chi connectivity index (χ0v) is 22.1. The second-order valence-corrected chi connectivity index (χ2v) is 9.71. The van der Waals surface area contributed by atoms with Gasteiger partial charge in [0.15, 0.2) is 11.4 Å². The van der Waals surface area contributed by atoms with Crippen LogP contribution >= 0.6 is 11.3 Å². The molecule has 4 rings (SSSR count). The molecule has 0 aliphatic carbocycles. The normalized spacial score (nSPS) is 12.0. The van der Waals surface area contributed by atoms with Crippen molar-refractivity contribution in [3.63, 3.8) is 0 Å². The van der Waals surface area contributed by atoms with Gasteiger partial charge < -0.3 is 10.4 Å². The van der Waals surface area contributed by atoms with Crippen LogP contribution in [0.5, 0.6) is 5.75 Å². The van der Waals surface area contributed by atoms with Crippen LogP contribution in [0.2, 0.25) is 0 Å². The minimum absolute atomic E-state index is 0.0451. The summed E-state index contributed by atoms with van der Waals surface area (Å²) in [4.78, 5) is 25.6. The van der Waals surface area contributed by atoms with Crippen molar-refractivity contribution in [3.05, 3.63) is 74.9 Å². The maximum atomic E-state index is 12.9. The fraction of sp³-hybridized carbons (Fsp3) is 0.240. The predicted octanol–water partition coefficient (Wildman–Crippen LogP) is 4.00. The molecule has 0 aliphatic heterocycles. The van der Waals surface area contributed by atoms with Crippen LogP contribution in [-0.2, 0) is 26.8 Å². The molecule has 0 unspecified atom stereocenters. The van der Waals surface area contributed by atoms with Crippen LogP contribution in [0.15, 0.2) is 47.6 Å². The number of nitrogens with one attached hydrogen (secondary N) is 2. The van der Waals surface area contributed by atoms with Crippen molar-refractivity contribution in [2.75, 3.05) is 0 Å². The summed E-state index contributed by atoms with van der Waals surface area (Å²) in [5, 5.41) is 25.9. The van der Waals surface area contributed by atoms with Gasteiger partial charge in [0.05, 0.1) is 33.3 Å². The van der Waals surface area contributed by atoms with Gasteiger partial charge in [0.2, 0.25) is 0 Å². The highest BCUT2D eigenvalue weighted by atomic mass is 32.1. The number of benzene rings is 1. The molecule has 4 aromatic rings. The van der Waals surface area contributed by atoms with Gasteiger partial charge in [-0.3, -0.25) is 19.0 Å². The van der Waals surface area contributed by atoms with Gasteiger partial charge in [-0.2, -0.15) is 28.5 Å². The first kappa shape index (κ1) is 27.6. The van der Waals surface area contributed by atoms with E-state index in [0.717, 1.165) is 29.2 Å². The van der Waals surface area contributed by atoms with E-state index >= 15 is 0 Å². The average Bonchev–Trinajstić information content (AvgIpc) is 3.58. The van der Waals surface area contributed by atoms with Crippen LogP contribution < -0.4 is 10.7 Å². The maximum absolute atomic E-state index is 12.9. The summed E-state index contributed by atoms with van der Waals surface area (Å²) in [5.41, 5.74) is 3.94. The molecule has 1 aromatic carbocycles. The molecule has 0 atom stereocenters. The molecule has 10 nitrogen and oxygen atoms in total. The number of aromatic nitrogens is 4. The smallest absolute Gasteiger partial charge is 0.416 e. The Bertz CT molecular complexity index is 1550. The quantitative estimate of drug-likeness (QED) is 0.233. The molecule has 0 fully saturated rings. The number of alkyl halides is 3. The number of halogens is 3. The fourth-order valence-corrected chi connectivity index (χ4v) is 4.51. The first-order valence-electron chi connectivity index (χ1n) is 11.5. The van der Waals surface area contributed by atoms with E-state index < -0.39 is 17.6 Å². The number of aromatic hydroxyl groups is 1. The standard InChI is InChI=1S/C25H24F3N7O3S/c1-13-11-17(32-34(13)3)12-29-23(37)18-9-10-19(39-18)24(38)31-30-14(2)20-22(36)21(35(4)33-20)15-5-7-16(8-6-15)25(26,27)28/h5-11,36H,12H2,1-4H3,(H,29,37)(H,31,38). The molecular formula is C25H24F3N7O3S. The highest BCUT2D eigenvalue weighted by Crippen LogP contribution is 2.35. The number of hydrogen-bond donors (Lipinski definition) is 3. The monoisotopic (exact) mass is 559 g/mol. The molecule has 3 aromatic heterocycles. The number of hydrazone groups is 1. The molecule has 3 heterocycles. The number of nitrogens with zero attached hydrogens (tertiary/aromatic N) is 5. The van der Waals surface area contributed by atoms with Gasteiger partial charge in [0.25, 0.3) is 11.8 Å². The van der Waals surface area contributed by atoms with E-state index in [2.05, 4.69) is 26.0 Å². The van der Waals surface area contributed by atoms with Crippen molar-refractivity contribution in [1.29, 1.82) is 0 Å². The maximum Gasteiger partial charge on any atom is 0.416 e. The van der Waals surface area contributed by atoms with Crippen LogP contribution in [-0.4, -0.2) is 42.2 Å². The highest BCUT2D eigenvalue weighted by Gasteiger charge is 2.30. The summed E-state index contributed by atoms with van der Waals surface area (Å²) in [6, 6.07) is 9.18. The van der Waals surface area contributed by atoms with Gasteiger partial charge in [-0.05, 0) is 44.2 Å². The molecule has 0 bridgehead atoms. The molecule has 0 radical (unpaired) electrons. The van der Waals surface area contributed by atoms with Gasteiger partial charge in [-0.15, -0.1) is 11.3 Å². The van der Waals surface area contributed by atoms with E-state index in [0.29, 0.717) is 16.1 Å². The van der Waals surface area contributed by atoms with Gasteiger partial charge in [0, 0.05) is 25.4 Å². The van der Waals surface area contributed by atoms with Crippen LogP contribution in [0.25, 0.3) is 11.3 Å². The van der Waals surface area contributed by atoms with Crippen molar-refractivity contribution in [3.8, 4) is 17.0 Å². The van der Waals surface area contributed by atoms with Crippen LogP contribution in [0.3, 0.4) is 0 Å². The number of aryl methyl sites for hydroxylation is 3. The Morgan fingerprint density at radius 2 is 1.67 bits per heavy atom. The highest BCUT2D eigenvalue weighted by molar-refractivity contribution is 7.15. The number of hydrogen-bond acceptors (Lipinski definition) is 7. The average molecular weight is 560 g/mol. The molecule has 204 valence electrons. The molecule has 2 amide bonds. The number of amides is 2. The summed E-state index contributed by atoms with van der Waals surface area (Å²) in [7, 11) is 3.33. The summed E-state index contributed by atoms with van der Waals surface area (Å²) in [5.74, 6) is -1.22. The Morgan fingerprint density at radius 1 is 1.03 bits per heavy atom. The third-order valence-corrected chi connectivity index (χ3v) is 6.91. The van der Waals surface area contributed by atoms with E-state index in [4.69, 9.17) is 0 Å². The summed E-state index contributed by atoms with van der Waals surface area (Å²) >= 11 is 0.982. The zero-order chi connectivity index (χ0) is 28.5. The molecule has 39 heavy (non-hydrogen) atoms. The van der Waals surface area contributed by atoms with Gasteiger partial charge in [-0.25, -0.2) is 5.43 Å². The largest absolute Gasteiger partial charge is 0.504 e. The third kappa shape index (κ3) is 6.00. The van der Waals surface area contributed by atoms with Crippen LogP contribution in [0.4, 0.5) is 13.2 Å². The van der Waals surface area contributed by atoms with Crippen LogP contribution in [0, 0.1) is 6.92 Å². The first-order valence-corrected chi connectivity index (χ1v) is 12.3. The van der Waals surface area contributed by atoms with E-state index in [9.17, 15) is 27.9 Å². The van der Waals surface area contributed by atoms with E-state index in [1.165, 1.54) is 42.9 Å². The van der Waals surface area contributed by atoms with E-state index in [-0.39, 0.29) is 40.2 Å². The summed E-state index contributed by atoms with van der Waals surface area (Å²) < 4.78 is 41.6. The van der Waals surface area contributed by atoms with Crippen molar-refractivity contribution in [1.82, 2.24) is 30.3 Å². The lowest BCUT2D eigenvalue weighted by atomic mass is 10.1. The Morgan fingerprint density at radius 3 is 2.26 bits per heavy atom. The minimum Gasteiger partial charge on any atom is -0.504 e. The molecule has 0 spiro atoms. The van der Waals surface area contributed by atoms with Crippen molar-refractivity contribution < 1.29 is 27.9 Å². The third-order valence-electron chi connectivity index (χ3n) is 5.82. The zero-order valence-electron chi connectivity index (χ0n) is 21.3. The van der Waals surface area contributed by atoms with Gasteiger partial charge in [0.1, 0.15) is 5.69 Å². The second kappa shape index (κ2) is 10.7. The van der Waals surface area contributed by atoms with Crippen LogP contribution in [0.1, 0.15) is 48.9 Å². The molecule has 0 saturated heterocycles. The summed E-state index contributed by atoms with van der Waals surface area (Å²) in [6.07, 6.45) is -4.48. The Balaban J connectivity index is 1.42. The number of rotatable bonds is 7. The molecule has 0 aliphatic rings. The molecule has 0 saturated carbocycles. The lowest BCUT2D eigenvalue weighted by Crippen LogP contribution is -2.22. The molecule has 3 N–H and O–H groups in total. The van der Waals surface area contributed by atoms with Gasteiger partial charge in [-0.1, -0.05) is 12.1 Å². The minimum atomic E-state index is -4.48. The lowest BCUT2D eigenvalue weighted by molar-refractivity contribution is -0.137. The van der Waals surface area contributed by atoms with Crippen molar-refractivity contribution in [2.45, 2.75) is 26.6 Å². The fourth-order valence-electron chi connectivity index (χ4n) is 3.70. The Hall–Kier alpha value is -4.46. The van der Waals surface area contributed by atoms with E-state index in [1.807, 2.05) is 20.0 Å². The van der Waals surface area contributed by atoms with E-state index in [1.54, 1.807) is 4.68 Å². The topological polar surface area (TPSA) is 126 Å². The van der Waals surface area contributed by atoms with Crippen molar-refractivity contribution in [2.24, 2.45) is 19.2 Å². The van der Waals surface area contributed by atoms with Crippen molar-refractivity contribution >= 4 is 28.9 Å². The first-order chi connectivity index (χ1) is 18.3. The number of thiophene rings is 1. The second-order valence-electron chi connectivity index (χ2n) is 8.63. The number of carbonyl (C=O) groups excluding carboxylic acids is 2. The Kier molecular flexibility index (Phi) is 7.58. The lowest BCUT2D eigenvalue weighted by Gasteiger charge is -2.08.